The molecule has 0 saturated heterocycles. The van der Waals surface area contributed by atoms with Crippen LogP contribution in [0.4, 0.5) is 4.39 Å². The highest BCUT2D eigenvalue weighted by Crippen LogP contribution is 2.11. The third-order valence-corrected chi connectivity index (χ3v) is 3.16. The maximum Gasteiger partial charge on any atom is 0.126 e. The van der Waals surface area contributed by atoms with Crippen molar-refractivity contribution in [3.8, 4) is 0 Å². The van der Waals surface area contributed by atoms with Gasteiger partial charge in [0.15, 0.2) is 0 Å². The molecule has 0 aromatic heterocycles. The zero-order valence-corrected chi connectivity index (χ0v) is 12.8. The van der Waals surface area contributed by atoms with E-state index in [4.69, 9.17) is 0 Å². The van der Waals surface area contributed by atoms with Crippen LogP contribution in [0.3, 0.4) is 0 Å². The minimum Gasteiger partial charge on any atom is -0.309 e. The molecular formula is C16H27FN2. The minimum absolute atomic E-state index is 0.129. The summed E-state index contributed by atoms with van der Waals surface area (Å²) < 4.78 is 13.2. The topological polar surface area (TPSA) is 15.3 Å². The maximum atomic E-state index is 13.2. The van der Waals surface area contributed by atoms with E-state index in [1.807, 2.05) is 19.1 Å². The minimum atomic E-state index is -0.129. The molecule has 1 rings (SSSR count). The van der Waals surface area contributed by atoms with Crippen LogP contribution in [0, 0.1) is 18.7 Å². The molecule has 1 aromatic rings. The molecule has 0 aliphatic rings. The first-order valence-electron chi connectivity index (χ1n) is 7.01. The van der Waals surface area contributed by atoms with E-state index in [9.17, 15) is 4.39 Å². The molecule has 108 valence electrons. The van der Waals surface area contributed by atoms with Crippen molar-refractivity contribution in [3.63, 3.8) is 0 Å². The predicted molar refractivity (Wildman–Crippen MR) is 79.8 cm³/mol. The van der Waals surface area contributed by atoms with Gasteiger partial charge in [0, 0.05) is 19.1 Å². The van der Waals surface area contributed by atoms with Crippen molar-refractivity contribution in [2.75, 3.05) is 20.6 Å². The lowest BCUT2D eigenvalue weighted by Crippen LogP contribution is -2.38. The summed E-state index contributed by atoms with van der Waals surface area (Å²) in [6.07, 6.45) is 1.15. The Bertz CT molecular complexity index is 378. The molecule has 0 bridgehead atoms. The smallest absolute Gasteiger partial charge is 0.126 e. The Morgan fingerprint density at radius 3 is 2.47 bits per heavy atom. The zero-order valence-electron chi connectivity index (χ0n) is 12.8. The van der Waals surface area contributed by atoms with Crippen LogP contribution in [0.1, 0.15) is 31.4 Å². The molecule has 0 amide bonds. The summed E-state index contributed by atoms with van der Waals surface area (Å²) in [6, 6.07) is 5.80. The maximum absolute atomic E-state index is 13.2. The van der Waals surface area contributed by atoms with E-state index < -0.39 is 0 Å². The number of nitrogens with one attached hydrogen (secondary N) is 1. The molecule has 0 aliphatic carbocycles. The van der Waals surface area contributed by atoms with Crippen molar-refractivity contribution in [1.82, 2.24) is 10.2 Å². The van der Waals surface area contributed by atoms with Crippen LogP contribution < -0.4 is 5.32 Å². The molecule has 1 N–H and O–H groups in total. The highest BCUT2D eigenvalue weighted by Gasteiger charge is 2.11. The molecule has 1 aromatic carbocycles. The zero-order chi connectivity index (χ0) is 14.4. The Labute approximate surface area is 117 Å². The van der Waals surface area contributed by atoms with Gasteiger partial charge in [-0.2, -0.15) is 0 Å². The summed E-state index contributed by atoms with van der Waals surface area (Å²) in [6.45, 7) is 8.12. The molecule has 0 spiro atoms. The molecule has 1 atom stereocenters. The summed E-state index contributed by atoms with van der Waals surface area (Å²) in [5.41, 5.74) is 1.86. The molecule has 3 heteroatoms. The highest BCUT2D eigenvalue weighted by molar-refractivity contribution is 5.23. The van der Waals surface area contributed by atoms with Crippen LogP contribution in [0.2, 0.25) is 0 Å². The third kappa shape index (κ3) is 6.17. The third-order valence-electron chi connectivity index (χ3n) is 3.16. The van der Waals surface area contributed by atoms with E-state index in [0.717, 1.165) is 25.1 Å². The van der Waals surface area contributed by atoms with Gasteiger partial charge in [-0.1, -0.05) is 26.0 Å². The number of halogens is 1. The van der Waals surface area contributed by atoms with E-state index in [0.29, 0.717) is 17.5 Å². The largest absolute Gasteiger partial charge is 0.309 e. The van der Waals surface area contributed by atoms with Gasteiger partial charge < -0.3 is 10.2 Å². The second-order valence-electron chi connectivity index (χ2n) is 6.05. The summed E-state index contributed by atoms with van der Waals surface area (Å²) in [5, 5.41) is 3.58. The van der Waals surface area contributed by atoms with Crippen LogP contribution in [0.15, 0.2) is 18.2 Å². The Balaban J connectivity index is 2.56. The Morgan fingerprint density at radius 1 is 1.26 bits per heavy atom. The monoisotopic (exact) mass is 266 g/mol. The average Bonchev–Trinajstić information content (AvgIpc) is 2.29. The summed E-state index contributed by atoms with van der Waals surface area (Å²) in [5.74, 6) is 0.545. The van der Waals surface area contributed by atoms with Gasteiger partial charge in [-0.15, -0.1) is 0 Å². The van der Waals surface area contributed by atoms with Gasteiger partial charge in [-0.25, -0.2) is 4.39 Å². The van der Waals surface area contributed by atoms with Crippen molar-refractivity contribution in [1.29, 1.82) is 0 Å². The molecule has 0 aliphatic heterocycles. The number of rotatable bonds is 7. The van der Waals surface area contributed by atoms with Crippen LogP contribution in [0.25, 0.3) is 0 Å². The van der Waals surface area contributed by atoms with Gasteiger partial charge in [-0.3, -0.25) is 0 Å². The first-order chi connectivity index (χ1) is 8.88. The fourth-order valence-electron chi connectivity index (χ4n) is 2.31. The van der Waals surface area contributed by atoms with E-state index in [1.165, 1.54) is 0 Å². The fraction of sp³-hybridized carbons (Fsp3) is 0.625. The Hall–Kier alpha value is -0.930. The molecule has 0 radical (unpaired) electrons. The molecule has 1 unspecified atom stereocenters. The van der Waals surface area contributed by atoms with E-state index in [1.54, 1.807) is 6.07 Å². The number of likely N-dealkylation sites (N-methyl/N-ethyl adjacent to an activating group) is 1. The lowest BCUT2D eigenvalue weighted by Gasteiger charge is -2.24. The van der Waals surface area contributed by atoms with Gasteiger partial charge in [0.2, 0.25) is 0 Å². The molecular weight excluding hydrogens is 239 g/mol. The van der Waals surface area contributed by atoms with Gasteiger partial charge in [0.25, 0.3) is 0 Å². The van der Waals surface area contributed by atoms with Crippen LogP contribution in [-0.2, 0) is 6.54 Å². The second-order valence-corrected chi connectivity index (χ2v) is 6.05. The van der Waals surface area contributed by atoms with Gasteiger partial charge >= 0.3 is 0 Å². The summed E-state index contributed by atoms with van der Waals surface area (Å²) >= 11 is 0. The molecule has 0 fully saturated rings. The lowest BCUT2D eigenvalue weighted by molar-refractivity contribution is 0.305. The molecule has 0 heterocycles. The van der Waals surface area contributed by atoms with Gasteiger partial charge in [0.05, 0.1) is 0 Å². The first kappa shape index (κ1) is 16.1. The summed E-state index contributed by atoms with van der Waals surface area (Å²) in [7, 11) is 4.19. The van der Waals surface area contributed by atoms with Crippen molar-refractivity contribution >= 4 is 0 Å². The lowest BCUT2D eigenvalue weighted by atomic mass is 10.0. The number of hydrogen-bond acceptors (Lipinski definition) is 2. The van der Waals surface area contributed by atoms with E-state index >= 15 is 0 Å². The number of benzene rings is 1. The molecule has 2 nitrogen and oxygen atoms in total. The number of nitrogens with zero attached hydrogens (tertiary/aromatic N) is 1. The Morgan fingerprint density at radius 2 is 1.95 bits per heavy atom. The highest BCUT2D eigenvalue weighted by atomic mass is 19.1. The van der Waals surface area contributed by atoms with E-state index in [-0.39, 0.29) is 5.82 Å². The fourth-order valence-corrected chi connectivity index (χ4v) is 2.31. The van der Waals surface area contributed by atoms with E-state index in [2.05, 4.69) is 38.2 Å². The average molecular weight is 266 g/mol. The van der Waals surface area contributed by atoms with Crippen LogP contribution in [0.5, 0.6) is 0 Å². The van der Waals surface area contributed by atoms with Gasteiger partial charge in [-0.05, 0) is 50.6 Å². The Kier molecular flexibility index (Phi) is 6.46. The van der Waals surface area contributed by atoms with Crippen molar-refractivity contribution in [2.24, 2.45) is 5.92 Å². The first-order valence-corrected chi connectivity index (χ1v) is 7.01. The number of aryl methyl sites for hydroxylation is 1. The molecule has 19 heavy (non-hydrogen) atoms. The predicted octanol–water partition coefficient (Wildman–Crippen LogP) is 3.20. The quantitative estimate of drug-likeness (QED) is 0.815. The SMILES string of the molecule is Cc1cc(CNC(CC(C)C)CN(C)C)ccc1F. The van der Waals surface area contributed by atoms with Gasteiger partial charge in [0.1, 0.15) is 5.82 Å². The van der Waals surface area contributed by atoms with Crippen molar-refractivity contribution in [2.45, 2.75) is 39.8 Å². The normalized spacial score (nSPS) is 13.3. The van der Waals surface area contributed by atoms with Crippen molar-refractivity contribution in [3.05, 3.63) is 35.1 Å². The van der Waals surface area contributed by atoms with Crippen LogP contribution >= 0.6 is 0 Å². The molecule has 0 saturated carbocycles. The standard InChI is InChI=1S/C16H27FN2/c1-12(2)8-15(11-19(4)5)18-10-14-6-7-16(17)13(3)9-14/h6-7,9,12,15,18H,8,10-11H2,1-5H3. The number of hydrogen-bond donors (Lipinski definition) is 1. The second kappa shape index (κ2) is 7.61. The van der Waals surface area contributed by atoms with Crippen molar-refractivity contribution < 1.29 is 4.39 Å². The summed E-state index contributed by atoms with van der Waals surface area (Å²) in [4.78, 5) is 2.20. The van der Waals surface area contributed by atoms with Crippen LogP contribution in [-0.4, -0.2) is 31.6 Å².